The summed E-state index contributed by atoms with van der Waals surface area (Å²) in [5.74, 6) is -0.174. The minimum absolute atomic E-state index is 0.0300. The molecule has 0 bridgehead atoms. The number of likely N-dealkylation sites (N-methyl/N-ethyl adjacent to an activating group) is 2. The molecule has 0 saturated carbocycles. The first-order valence-electron chi connectivity index (χ1n) is 6.69. The molecule has 1 rings (SSSR count). The van der Waals surface area contributed by atoms with Crippen LogP contribution < -0.4 is 0 Å². The lowest BCUT2D eigenvalue weighted by Gasteiger charge is -2.23. The van der Waals surface area contributed by atoms with Crippen LogP contribution in [0.25, 0.3) is 0 Å². The predicted octanol–water partition coefficient (Wildman–Crippen LogP) is 2.70. The SMILES string of the molecule is CCN(CC)C(=O)CN(C)C(=O)c1cc(C)cc(Br)c1. The molecule has 0 radical (unpaired) electrons. The molecule has 4 nitrogen and oxygen atoms in total. The Morgan fingerprint density at radius 3 is 2.25 bits per heavy atom. The van der Waals surface area contributed by atoms with Crippen LogP contribution in [0.5, 0.6) is 0 Å². The zero-order valence-electron chi connectivity index (χ0n) is 12.4. The number of carbonyl (C=O) groups excluding carboxylic acids is 2. The van der Waals surface area contributed by atoms with E-state index in [-0.39, 0.29) is 18.4 Å². The number of aryl methyl sites for hydroxylation is 1. The van der Waals surface area contributed by atoms with Crippen molar-refractivity contribution >= 4 is 27.7 Å². The fourth-order valence-corrected chi connectivity index (χ4v) is 2.64. The Morgan fingerprint density at radius 1 is 1.15 bits per heavy atom. The Hall–Kier alpha value is -1.36. The second-order valence-electron chi connectivity index (χ2n) is 4.74. The molecule has 0 heterocycles. The van der Waals surface area contributed by atoms with Gasteiger partial charge < -0.3 is 9.80 Å². The maximum absolute atomic E-state index is 12.3. The zero-order valence-corrected chi connectivity index (χ0v) is 14.0. The van der Waals surface area contributed by atoms with Crippen LogP contribution in [0.1, 0.15) is 29.8 Å². The number of halogens is 1. The number of hydrogen-bond acceptors (Lipinski definition) is 2. The fourth-order valence-electron chi connectivity index (χ4n) is 2.03. The molecule has 5 heteroatoms. The van der Waals surface area contributed by atoms with Gasteiger partial charge >= 0.3 is 0 Å². The Balaban J connectivity index is 2.79. The van der Waals surface area contributed by atoms with Gasteiger partial charge in [0.05, 0.1) is 6.54 Å². The molecule has 0 aliphatic carbocycles. The van der Waals surface area contributed by atoms with E-state index in [0.717, 1.165) is 10.0 Å². The lowest BCUT2D eigenvalue weighted by Crippen LogP contribution is -2.41. The van der Waals surface area contributed by atoms with Gasteiger partial charge in [0.1, 0.15) is 0 Å². The van der Waals surface area contributed by atoms with Crippen molar-refractivity contribution in [3.63, 3.8) is 0 Å². The molecule has 0 aliphatic rings. The highest BCUT2D eigenvalue weighted by atomic mass is 79.9. The monoisotopic (exact) mass is 340 g/mol. The van der Waals surface area contributed by atoms with Crippen LogP contribution >= 0.6 is 15.9 Å². The summed E-state index contributed by atoms with van der Waals surface area (Å²) < 4.78 is 0.865. The van der Waals surface area contributed by atoms with Gasteiger partial charge in [-0.25, -0.2) is 0 Å². The van der Waals surface area contributed by atoms with E-state index in [9.17, 15) is 9.59 Å². The number of hydrogen-bond donors (Lipinski definition) is 0. The molecule has 0 aromatic heterocycles. The molecule has 0 atom stereocenters. The van der Waals surface area contributed by atoms with Crippen molar-refractivity contribution in [2.24, 2.45) is 0 Å². The third kappa shape index (κ3) is 4.34. The summed E-state index contributed by atoms with van der Waals surface area (Å²) in [5, 5.41) is 0. The van der Waals surface area contributed by atoms with Crippen molar-refractivity contribution in [2.75, 3.05) is 26.7 Å². The van der Waals surface area contributed by atoms with Gasteiger partial charge in [-0.05, 0) is 44.5 Å². The van der Waals surface area contributed by atoms with Crippen molar-refractivity contribution in [1.29, 1.82) is 0 Å². The number of amides is 2. The van der Waals surface area contributed by atoms with Gasteiger partial charge in [-0.15, -0.1) is 0 Å². The Bertz CT molecular complexity index is 478. The molecular weight excluding hydrogens is 320 g/mol. The second kappa shape index (κ2) is 7.43. The van der Waals surface area contributed by atoms with Crippen molar-refractivity contribution < 1.29 is 9.59 Å². The smallest absolute Gasteiger partial charge is 0.254 e. The molecule has 0 saturated heterocycles. The molecule has 0 spiro atoms. The Kier molecular flexibility index (Phi) is 6.20. The van der Waals surface area contributed by atoms with Crippen LogP contribution in [0, 0.1) is 6.92 Å². The minimum Gasteiger partial charge on any atom is -0.342 e. The maximum atomic E-state index is 12.3. The molecular formula is C15H21BrN2O2. The minimum atomic E-state index is -0.144. The van der Waals surface area contributed by atoms with Crippen LogP contribution in [0.15, 0.2) is 22.7 Å². The molecule has 0 fully saturated rings. The standard InChI is InChI=1S/C15H21BrN2O2/c1-5-18(6-2)14(19)10-17(4)15(20)12-7-11(3)8-13(16)9-12/h7-9H,5-6,10H2,1-4H3. The van der Waals surface area contributed by atoms with E-state index in [1.165, 1.54) is 4.90 Å². The quantitative estimate of drug-likeness (QED) is 0.826. The highest BCUT2D eigenvalue weighted by Gasteiger charge is 2.18. The van der Waals surface area contributed by atoms with E-state index in [2.05, 4.69) is 15.9 Å². The predicted molar refractivity (Wildman–Crippen MR) is 83.8 cm³/mol. The van der Waals surface area contributed by atoms with Crippen LogP contribution in [0.2, 0.25) is 0 Å². The molecule has 20 heavy (non-hydrogen) atoms. The average Bonchev–Trinajstić information content (AvgIpc) is 2.37. The number of nitrogens with zero attached hydrogens (tertiary/aromatic N) is 2. The van der Waals surface area contributed by atoms with E-state index in [1.807, 2.05) is 32.9 Å². The summed E-state index contributed by atoms with van der Waals surface area (Å²) in [6, 6.07) is 5.54. The normalized spacial score (nSPS) is 10.2. The van der Waals surface area contributed by atoms with E-state index in [0.29, 0.717) is 18.7 Å². The Labute approximate surface area is 128 Å². The summed E-state index contributed by atoms with van der Waals surface area (Å²) in [4.78, 5) is 27.5. The van der Waals surface area contributed by atoms with E-state index >= 15 is 0 Å². The van der Waals surface area contributed by atoms with E-state index < -0.39 is 0 Å². The zero-order chi connectivity index (χ0) is 15.3. The van der Waals surface area contributed by atoms with Crippen molar-refractivity contribution in [1.82, 2.24) is 9.80 Å². The largest absolute Gasteiger partial charge is 0.342 e. The van der Waals surface area contributed by atoms with Crippen molar-refractivity contribution in [2.45, 2.75) is 20.8 Å². The van der Waals surface area contributed by atoms with Gasteiger partial charge in [0.25, 0.3) is 5.91 Å². The topological polar surface area (TPSA) is 40.6 Å². The fraction of sp³-hybridized carbons (Fsp3) is 0.467. The summed E-state index contributed by atoms with van der Waals surface area (Å²) in [6.45, 7) is 7.22. The van der Waals surface area contributed by atoms with E-state index in [1.54, 1.807) is 18.0 Å². The van der Waals surface area contributed by atoms with Gasteiger partial charge in [0.15, 0.2) is 0 Å². The van der Waals surface area contributed by atoms with Gasteiger partial charge in [0, 0.05) is 30.2 Å². The molecule has 0 aliphatic heterocycles. The third-order valence-corrected chi connectivity index (χ3v) is 3.58. The van der Waals surface area contributed by atoms with Crippen LogP contribution in [-0.4, -0.2) is 48.3 Å². The lowest BCUT2D eigenvalue weighted by molar-refractivity contribution is -0.131. The third-order valence-electron chi connectivity index (χ3n) is 3.12. The maximum Gasteiger partial charge on any atom is 0.254 e. The first kappa shape index (κ1) is 16.7. The van der Waals surface area contributed by atoms with Crippen LogP contribution in [0.4, 0.5) is 0 Å². The number of benzene rings is 1. The highest BCUT2D eigenvalue weighted by Crippen LogP contribution is 2.16. The molecule has 0 unspecified atom stereocenters. The second-order valence-corrected chi connectivity index (χ2v) is 5.66. The molecule has 2 amide bonds. The van der Waals surface area contributed by atoms with Crippen molar-refractivity contribution in [3.05, 3.63) is 33.8 Å². The molecule has 1 aromatic rings. The first-order chi connectivity index (χ1) is 9.38. The van der Waals surface area contributed by atoms with Gasteiger partial charge in [-0.3, -0.25) is 9.59 Å². The highest BCUT2D eigenvalue weighted by molar-refractivity contribution is 9.10. The molecule has 1 aromatic carbocycles. The summed E-state index contributed by atoms with van der Waals surface area (Å²) in [6.07, 6.45) is 0. The molecule has 110 valence electrons. The number of rotatable bonds is 5. The lowest BCUT2D eigenvalue weighted by atomic mass is 10.1. The average molecular weight is 341 g/mol. The summed E-state index contributed by atoms with van der Waals surface area (Å²) in [7, 11) is 1.65. The molecule has 0 N–H and O–H groups in total. The van der Waals surface area contributed by atoms with Crippen LogP contribution in [0.3, 0.4) is 0 Å². The number of carbonyl (C=O) groups is 2. The summed E-state index contributed by atoms with van der Waals surface area (Å²) in [5.41, 5.74) is 1.60. The van der Waals surface area contributed by atoms with E-state index in [4.69, 9.17) is 0 Å². The van der Waals surface area contributed by atoms with Gasteiger partial charge in [0.2, 0.25) is 5.91 Å². The van der Waals surface area contributed by atoms with Crippen LogP contribution in [-0.2, 0) is 4.79 Å². The Morgan fingerprint density at radius 2 is 1.75 bits per heavy atom. The van der Waals surface area contributed by atoms with Crippen molar-refractivity contribution in [3.8, 4) is 0 Å². The summed E-state index contributed by atoms with van der Waals surface area (Å²) >= 11 is 3.38. The van der Waals surface area contributed by atoms with Gasteiger partial charge in [-0.1, -0.05) is 15.9 Å². The first-order valence-corrected chi connectivity index (χ1v) is 7.48. The van der Waals surface area contributed by atoms with Gasteiger partial charge in [-0.2, -0.15) is 0 Å².